The van der Waals surface area contributed by atoms with Crippen LogP contribution in [0.15, 0.2) is 82.2 Å². The zero-order valence-corrected chi connectivity index (χ0v) is 19.0. The number of aromatic nitrogens is 4. The van der Waals surface area contributed by atoms with Crippen LogP contribution in [-0.4, -0.2) is 32.3 Å². The lowest BCUT2D eigenvalue weighted by molar-refractivity contribution is -0.118. The van der Waals surface area contributed by atoms with E-state index in [1.54, 1.807) is 18.2 Å². The number of furan rings is 1. The molecule has 9 heteroatoms. The minimum Gasteiger partial charge on any atom is -0.484 e. The zero-order chi connectivity index (χ0) is 24.2. The van der Waals surface area contributed by atoms with Gasteiger partial charge in [0.2, 0.25) is 5.95 Å². The third kappa shape index (κ3) is 4.98. The first-order valence-corrected chi connectivity index (χ1v) is 11.2. The Hall–Kier alpha value is -4.66. The largest absolute Gasteiger partial charge is 0.484 e. The summed E-state index contributed by atoms with van der Waals surface area (Å²) in [5, 5.41) is 9.42. The van der Waals surface area contributed by atoms with Crippen LogP contribution < -0.4 is 15.6 Å². The van der Waals surface area contributed by atoms with Crippen LogP contribution in [0.2, 0.25) is 0 Å². The molecule has 0 atom stereocenters. The number of aromatic amines is 1. The lowest BCUT2D eigenvalue weighted by Crippen LogP contribution is -2.23. The molecule has 0 saturated heterocycles. The fourth-order valence-electron chi connectivity index (χ4n) is 3.74. The van der Waals surface area contributed by atoms with Gasteiger partial charge < -0.3 is 14.5 Å². The molecule has 3 heterocycles. The molecule has 0 spiro atoms. The highest BCUT2D eigenvalue weighted by Gasteiger charge is 2.17. The Morgan fingerprint density at radius 2 is 1.94 bits per heavy atom. The van der Waals surface area contributed by atoms with Gasteiger partial charge in [-0.25, -0.2) is 4.98 Å². The predicted molar refractivity (Wildman–Crippen MR) is 132 cm³/mol. The third-order valence-electron chi connectivity index (χ3n) is 5.33. The molecule has 0 bridgehead atoms. The first kappa shape index (κ1) is 22.1. The highest BCUT2D eigenvalue weighted by molar-refractivity contribution is 5.92. The summed E-state index contributed by atoms with van der Waals surface area (Å²) in [4.78, 5) is 32.2. The van der Waals surface area contributed by atoms with Crippen molar-refractivity contribution in [2.75, 3.05) is 11.9 Å². The number of hydrogen-bond acceptors (Lipinski definition) is 6. The Balaban J connectivity index is 1.40. The SMILES string of the molecule is CCCc1cc(=O)[nH]c(-n2nc(-c3ccco3)cc2NC(=O)COc2ccc3ccccc3c2)n1. The molecule has 0 fully saturated rings. The van der Waals surface area contributed by atoms with Crippen LogP contribution in [0.5, 0.6) is 5.75 Å². The van der Waals surface area contributed by atoms with E-state index in [1.165, 1.54) is 17.0 Å². The average molecular weight is 470 g/mol. The van der Waals surface area contributed by atoms with Gasteiger partial charge in [0, 0.05) is 17.8 Å². The van der Waals surface area contributed by atoms with Gasteiger partial charge >= 0.3 is 0 Å². The molecule has 5 rings (SSSR count). The molecule has 176 valence electrons. The summed E-state index contributed by atoms with van der Waals surface area (Å²) in [5.74, 6) is 1.22. The summed E-state index contributed by atoms with van der Waals surface area (Å²) in [6, 6.07) is 20.2. The number of amides is 1. The van der Waals surface area contributed by atoms with Crippen molar-refractivity contribution in [1.82, 2.24) is 19.7 Å². The van der Waals surface area contributed by atoms with Gasteiger partial charge in [-0.3, -0.25) is 14.6 Å². The van der Waals surface area contributed by atoms with Gasteiger partial charge in [0.15, 0.2) is 12.4 Å². The summed E-state index contributed by atoms with van der Waals surface area (Å²) in [7, 11) is 0. The molecule has 5 aromatic rings. The topological polar surface area (TPSA) is 115 Å². The van der Waals surface area contributed by atoms with Crippen LogP contribution in [0.1, 0.15) is 19.0 Å². The number of hydrogen-bond donors (Lipinski definition) is 2. The van der Waals surface area contributed by atoms with E-state index in [9.17, 15) is 9.59 Å². The van der Waals surface area contributed by atoms with Gasteiger partial charge in [-0.05, 0) is 41.5 Å². The van der Waals surface area contributed by atoms with E-state index in [0.717, 1.165) is 17.2 Å². The quantitative estimate of drug-likeness (QED) is 0.349. The van der Waals surface area contributed by atoms with E-state index in [0.29, 0.717) is 35.1 Å². The van der Waals surface area contributed by atoms with Crippen LogP contribution in [-0.2, 0) is 11.2 Å². The lowest BCUT2D eigenvalue weighted by Gasteiger charge is -2.10. The van der Waals surface area contributed by atoms with Gasteiger partial charge in [0.25, 0.3) is 11.5 Å². The monoisotopic (exact) mass is 469 g/mol. The number of rotatable bonds is 8. The van der Waals surface area contributed by atoms with E-state index in [2.05, 4.69) is 20.4 Å². The van der Waals surface area contributed by atoms with E-state index in [-0.39, 0.29) is 18.1 Å². The van der Waals surface area contributed by atoms with Crippen molar-refractivity contribution in [2.45, 2.75) is 19.8 Å². The second-order valence-corrected chi connectivity index (χ2v) is 7.96. The number of aryl methyl sites for hydroxylation is 1. The first-order chi connectivity index (χ1) is 17.1. The van der Waals surface area contributed by atoms with Crippen molar-refractivity contribution in [2.24, 2.45) is 0 Å². The minimum absolute atomic E-state index is 0.199. The molecular formula is C26H23N5O4. The fraction of sp³-hybridized carbons (Fsp3) is 0.154. The number of H-pyrrole nitrogens is 1. The number of nitrogens with zero attached hydrogens (tertiary/aromatic N) is 3. The van der Waals surface area contributed by atoms with Crippen LogP contribution in [0.4, 0.5) is 5.82 Å². The van der Waals surface area contributed by atoms with Crippen LogP contribution in [0, 0.1) is 0 Å². The molecule has 0 saturated carbocycles. The lowest BCUT2D eigenvalue weighted by atomic mass is 10.1. The standard InChI is InChI=1S/C26H23N5O4/c1-2-6-19-14-24(32)29-26(27-19)31-23(15-21(30-31)22-9-5-12-34-22)28-25(33)16-35-20-11-10-17-7-3-4-8-18(17)13-20/h3-5,7-15H,2,6,16H2,1H3,(H,28,33)(H,27,29,32). The second-order valence-electron chi connectivity index (χ2n) is 7.96. The number of nitrogens with one attached hydrogen (secondary N) is 2. The van der Waals surface area contributed by atoms with Crippen molar-refractivity contribution < 1.29 is 13.9 Å². The molecule has 2 N–H and O–H groups in total. The summed E-state index contributed by atoms with van der Waals surface area (Å²) >= 11 is 0. The van der Waals surface area contributed by atoms with Gasteiger partial charge in [0.1, 0.15) is 17.3 Å². The van der Waals surface area contributed by atoms with Crippen molar-refractivity contribution >= 4 is 22.5 Å². The van der Waals surface area contributed by atoms with Gasteiger partial charge in [0.05, 0.1) is 6.26 Å². The smallest absolute Gasteiger partial charge is 0.263 e. The molecule has 0 radical (unpaired) electrons. The van der Waals surface area contributed by atoms with E-state index < -0.39 is 5.91 Å². The summed E-state index contributed by atoms with van der Waals surface area (Å²) in [6.45, 7) is 1.80. The second kappa shape index (κ2) is 9.68. The average Bonchev–Trinajstić information content (AvgIpc) is 3.53. The number of carbonyl (C=O) groups excluding carboxylic acids is 1. The van der Waals surface area contributed by atoms with Crippen LogP contribution in [0.25, 0.3) is 28.2 Å². The Kier molecular flexibility index (Phi) is 6.13. The highest BCUT2D eigenvalue weighted by atomic mass is 16.5. The first-order valence-electron chi connectivity index (χ1n) is 11.2. The Morgan fingerprint density at radius 1 is 1.09 bits per heavy atom. The molecule has 3 aromatic heterocycles. The molecule has 35 heavy (non-hydrogen) atoms. The maximum Gasteiger partial charge on any atom is 0.263 e. The molecule has 2 aromatic carbocycles. The molecule has 0 aliphatic carbocycles. The number of ether oxygens (including phenoxy) is 1. The van der Waals surface area contributed by atoms with Gasteiger partial charge in [-0.15, -0.1) is 0 Å². The van der Waals surface area contributed by atoms with Crippen molar-refractivity contribution in [3.63, 3.8) is 0 Å². The van der Waals surface area contributed by atoms with Crippen LogP contribution >= 0.6 is 0 Å². The molecule has 0 aliphatic rings. The maximum atomic E-state index is 12.8. The summed E-state index contributed by atoms with van der Waals surface area (Å²) in [5.41, 5.74) is 0.813. The normalized spacial score (nSPS) is 11.0. The minimum atomic E-state index is -0.391. The number of anilines is 1. The number of benzene rings is 2. The molecular weight excluding hydrogens is 446 g/mol. The fourth-order valence-corrected chi connectivity index (χ4v) is 3.74. The predicted octanol–water partition coefficient (Wildman–Crippen LogP) is 4.34. The van der Waals surface area contributed by atoms with Gasteiger partial charge in [-0.2, -0.15) is 9.78 Å². The van der Waals surface area contributed by atoms with Gasteiger partial charge in [-0.1, -0.05) is 43.7 Å². The molecule has 1 amide bonds. The van der Waals surface area contributed by atoms with Crippen molar-refractivity contribution in [3.8, 4) is 23.2 Å². The summed E-state index contributed by atoms with van der Waals surface area (Å²) < 4.78 is 12.5. The Bertz CT molecular complexity index is 1540. The molecule has 0 aliphatic heterocycles. The number of carbonyl (C=O) groups is 1. The maximum absolute atomic E-state index is 12.8. The van der Waals surface area contributed by atoms with Crippen molar-refractivity contribution in [1.29, 1.82) is 0 Å². The Morgan fingerprint density at radius 3 is 2.74 bits per heavy atom. The number of fused-ring (bicyclic) bond motifs is 1. The zero-order valence-electron chi connectivity index (χ0n) is 19.0. The third-order valence-corrected chi connectivity index (χ3v) is 5.33. The van der Waals surface area contributed by atoms with E-state index in [1.807, 2.05) is 49.4 Å². The van der Waals surface area contributed by atoms with Crippen molar-refractivity contribution in [3.05, 3.63) is 89.0 Å². The van der Waals surface area contributed by atoms with Crippen LogP contribution in [0.3, 0.4) is 0 Å². The Labute approximate surface area is 200 Å². The molecule has 0 unspecified atom stereocenters. The highest BCUT2D eigenvalue weighted by Crippen LogP contribution is 2.24. The van der Waals surface area contributed by atoms with E-state index in [4.69, 9.17) is 9.15 Å². The molecule has 9 nitrogen and oxygen atoms in total. The van der Waals surface area contributed by atoms with E-state index >= 15 is 0 Å². The summed E-state index contributed by atoms with van der Waals surface area (Å²) in [6.07, 6.45) is 3.01.